The lowest BCUT2D eigenvalue weighted by molar-refractivity contribution is 0.0767. The molecule has 1 fully saturated rings. The van der Waals surface area contributed by atoms with Gasteiger partial charge in [0, 0.05) is 55.7 Å². The fraction of sp³-hybridized carbons (Fsp3) is 0.375. The molecule has 4 heterocycles. The Kier molecular flexibility index (Phi) is 7.26. The normalized spacial score (nSPS) is 17.8. The highest BCUT2D eigenvalue weighted by Gasteiger charge is 2.30. The molecule has 1 N–H and O–H groups in total. The molecule has 2 aliphatic rings. The van der Waals surface area contributed by atoms with Crippen molar-refractivity contribution in [3.63, 3.8) is 0 Å². The number of likely N-dealkylation sites (tertiary alicyclic amines) is 1. The van der Waals surface area contributed by atoms with Gasteiger partial charge in [-0.05, 0) is 18.2 Å². The number of carbonyl (C=O) groups is 1. The van der Waals surface area contributed by atoms with E-state index in [1.54, 1.807) is 28.2 Å². The highest BCUT2D eigenvalue weighted by molar-refractivity contribution is 7.77. The molecule has 2 atom stereocenters. The maximum atomic E-state index is 12.7. The molecule has 0 aliphatic carbocycles. The van der Waals surface area contributed by atoms with E-state index in [-0.39, 0.29) is 18.6 Å². The summed E-state index contributed by atoms with van der Waals surface area (Å²) in [5.74, 6) is 1.61. The van der Waals surface area contributed by atoms with Gasteiger partial charge >= 0.3 is 0 Å². The summed E-state index contributed by atoms with van der Waals surface area (Å²) in [4.78, 5) is 25.0. The summed E-state index contributed by atoms with van der Waals surface area (Å²) in [5, 5.41) is 0. The number of nitrogens with one attached hydrogen (secondary N) is 1. The zero-order valence-corrected chi connectivity index (χ0v) is 21.3. The van der Waals surface area contributed by atoms with Gasteiger partial charge in [-0.15, -0.1) is 0 Å². The van der Waals surface area contributed by atoms with Gasteiger partial charge in [-0.25, -0.2) is 14.7 Å². The first-order valence-electron chi connectivity index (χ1n) is 11.7. The summed E-state index contributed by atoms with van der Waals surface area (Å²) in [5.41, 5.74) is 2.60. The van der Waals surface area contributed by atoms with Crippen LogP contribution in [0.3, 0.4) is 0 Å². The molecule has 13 heteroatoms. The SMILES string of the molecule is COc1ncc(N2CCOc3ccc(O[C@H]4CCN(C(=O)c5cn(C)cn5)C4)cc32)cc1CNS(=O)[O-]. The van der Waals surface area contributed by atoms with Gasteiger partial charge in [-0.3, -0.25) is 9.00 Å². The molecule has 0 saturated carbocycles. The summed E-state index contributed by atoms with van der Waals surface area (Å²) in [6, 6.07) is 7.47. The first-order chi connectivity index (χ1) is 17.9. The molecule has 1 saturated heterocycles. The predicted molar refractivity (Wildman–Crippen MR) is 134 cm³/mol. The molecular formula is C24H27N6O6S-. The van der Waals surface area contributed by atoms with E-state index in [1.165, 1.54) is 7.11 Å². The van der Waals surface area contributed by atoms with E-state index in [0.717, 1.165) is 17.8 Å². The number of anilines is 2. The molecule has 1 unspecified atom stereocenters. The van der Waals surface area contributed by atoms with Crippen LogP contribution in [0.15, 0.2) is 43.0 Å². The van der Waals surface area contributed by atoms with Crippen molar-refractivity contribution >= 4 is 28.5 Å². The van der Waals surface area contributed by atoms with Crippen molar-refractivity contribution in [1.29, 1.82) is 0 Å². The van der Waals surface area contributed by atoms with Crippen molar-refractivity contribution in [1.82, 2.24) is 24.2 Å². The van der Waals surface area contributed by atoms with E-state index in [1.807, 2.05) is 36.2 Å². The largest absolute Gasteiger partial charge is 0.760 e. The smallest absolute Gasteiger partial charge is 0.274 e. The zero-order valence-electron chi connectivity index (χ0n) is 20.5. The van der Waals surface area contributed by atoms with Crippen LogP contribution in [0.1, 0.15) is 22.5 Å². The third kappa shape index (κ3) is 5.53. The van der Waals surface area contributed by atoms with Crippen molar-refractivity contribution in [2.24, 2.45) is 7.05 Å². The maximum absolute atomic E-state index is 12.7. The van der Waals surface area contributed by atoms with Crippen molar-refractivity contribution in [2.75, 3.05) is 38.3 Å². The van der Waals surface area contributed by atoms with E-state index >= 15 is 0 Å². The van der Waals surface area contributed by atoms with E-state index in [2.05, 4.69) is 14.7 Å². The van der Waals surface area contributed by atoms with Crippen molar-refractivity contribution in [3.05, 3.63) is 54.2 Å². The van der Waals surface area contributed by atoms with E-state index in [9.17, 15) is 13.6 Å². The molecule has 1 aromatic carbocycles. The zero-order chi connectivity index (χ0) is 25.9. The van der Waals surface area contributed by atoms with Crippen molar-refractivity contribution in [2.45, 2.75) is 19.1 Å². The second-order valence-electron chi connectivity index (χ2n) is 8.75. The second-order valence-corrected chi connectivity index (χ2v) is 9.51. The fourth-order valence-electron chi connectivity index (χ4n) is 4.51. The number of carbonyl (C=O) groups excluding carboxylic acids is 1. The van der Waals surface area contributed by atoms with Crippen LogP contribution in [0.2, 0.25) is 0 Å². The molecule has 2 aromatic heterocycles. The Morgan fingerprint density at radius 1 is 1.30 bits per heavy atom. The highest BCUT2D eigenvalue weighted by Crippen LogP contribution is 2.40. The first-order valence-corrected chi connectivity index (χ1v) is 12.8. The van der Waals surface area contributed by atoms with Crippen LogP contribution >= 0.6 is 0 Å². The summed E-state index contributed by atoms with van der Waals surface area (Å²) < 4.78 is 43.5. The summed E-state index contributed by atoms with van der Waals surface area (Å²) in [7, 11) is 3.32. The summed E-state index contributed by atoms with van der Waals surface area (Å²) in [6.45, 7) is 2.18. The van der Waals surface area contributed by atoms with E-state index in [0.29, 0.717) is 54.9 Å². The molecule has 196 valence electrons. The number of pyridine rings is 1. The lowest BCUT2D eigenvalue weighted by atomic mass is 10.1. The standard InChI is InChI=1S/C24H28N6O6S/c1-28-14-20(26-15-28)24(31)29-6-5-19(13-29)36-18-3-4-22-21(10-18)30(7-8-35-22)17-9-16(11-27-37(32)33)23(34-2)25-12-17/h3-4,9-10,12,14-15,19,27H,5-8,11,13H2,1-2H3,(H,32,33)/p-1/t19-/m0/s1. The number of aromatic nitrogens is 3. The quantitative estimate of drug-likeness (QED) is 0.433. The number of hydrogen-bond donors (Lipinski definition) is 1. The minimum Gasteiger partial charge on any atom is -0.760 e. The van der Waals surface area contributed by atoms with E-state index < -0.39 is 11.3 Å². The fourth-order valence-corrected chi connectivity index (χ4v) is 4.78. The Morgan fingerprint density at radius 3 is 2.92 bits per heavy atom. The Balaban J connectivity index is 1.32. The maximum Gasteiger partial charge on any atom is 0.274 e. The first kappa shape index (κ1) is 25.0. The van der Waals surface area contributed by atoms with Gasteiger partial charge in [-0.1, -0.05) is 0 Å². The minimum atomic E-state index is -2.41. The van der Waals surface area contributed by atoms with Gasteiger partial charge in [0.25, 0.3) is 5.91 Å². The van der Waals surface area contributed by atoms with Crippen LogP contribution in [-0.4, -0.2) is 73.6 Å². The second kappa shape index (κ2) is 10.7. The average molecular weight is 528 g/mol. The number of methoxy groups -OCH3 is 1. The van der Waals surface area contributed by atoms with Crippen LogP contribution in [0.5, 0.6) is 17.4 Å². The number of nitrogens with zero attached hydrogens (tertiary/aromatic N) is 5. The summed E-state index contributed by atoms with van der Waals surface area (Å²) >= 11 is -2.41. The Bertz CT molecular complexity index is 1320. The third-order valence-electron chi connectivity index (χ3n) is 6.25. The molecule has 2 aliphatic heterocycles. The third-order valence-corrected chi connectivity index (χ3v) is 6.63. The van der Waals surface area contributed by atoms with Crippen LogP contribution in [-0.2, 0) is 24.9 Å². The molecule has 0 spiro atoms. The van der Waals surface area contributed by atoms with Gasteiger partial charge < -0.3 is 33.1 Å². The molecule has 5 rings (SSSR count). The van der Waals surface area contributed by atoms with E-state index in [4.69, 9.17) is 14.2 Å². The predicted octanol–water partition coefficient (Wildman–Crippen LogP) is 1.53. The lowest BCUT2D eigenvalue weighted by Gasteiger charge is -2.32. The number of ether oxygens (including phenoxy) is 3. The van der Waals surface area contributed by atoms with Gasteiger partial charge in [0.15, 0.2) is 0 Å². The lowest BCUT2D eigenvalue weighted by Crippen LogP contribution is -2.31. The Hall–Kier alpha value is -3.68. The van der Waals surface area contributed by atoms with Crippen LogP contribution in [0.25, 0.3) is 0 Å². The molecule has 37 heavy (non-hydrogen) atoms. The summed E-state index contributed by atoms with van der Waals surface area (Å²) in [6.07, 6.45) is 5.58. The van der Waals surface area contributed by atoms with Gasteiger partial charge in [0.1, 0.15) is 29.9 Å². The van der Waals surface area contributed by atoms with Gasteiger partial charge in [0.2, 0.25) is 5.88 Å². The van der Waals surface area contributed by atoms with Gasteiger partial charge in [-0.2, -0.15) is 0 Å². The molecular weight excluding hydrogens is 500 g/mol. The Labute approximate surface area is 216 Å². The number of benzene rings is 1. The molecule has 0 radical (unpaired) electrons. The number of rotatable bonds is 8. The minimum absolute atomic E-state index is 0.0515. The van der Waals surface area contributed by atoms with Crippen molar-refractivity contribution in [3.8, 4) is 17.4 Å². The number of aryl methyl sites for hydroxylation is 1. The molecule has 1 amide bonds. The van der Waals surface area contributed by atoms with Crippen LogP contribution in [0.4, 0.5) is 11.4 Å². The molecule has 3 aromatic rings. The highest BCUT2D eigenvalue weighted by atomic mass is 32.2. The van der Waals surface area contributed by atoms with Crippen molar-refractivity contribution < 1.29 is 27.8 Å². The van der Waals surface area contributed by atoms with Crippen LogP contribution < -0.4 is 23.8 Å². The van der Waals surface area contributed by atoms with Gasteiger partial charge in [0.05, 0.1) is 44.1 Å². The molecule has 12 nitrogen and oxygen atoms in total. The molecule has 0 bridgehead atoms. The number of amides is 1. The average Bonchev–Trinajstić information content (AvgIpc) is 3.55. The number of hydrogen-bond acceptors (Lipinski definition) is 9. The number of fused-ring (bicyclic) bond motifs is 1. The van der Waals surface area contributed by atoms with Crippen LogP contribution in [0, 0.1) is 0 Å². The topological polar surface area (TPSA) is 134 Å². The monoisotopic (exact) mass is 527 g/mol. The number of imidazole rings is 1. The Morgan fingerprint density at radius 2 is 2.16 bits per heavy atom.